The molecule has 3 rings (SSSR count). The van der Waals surface area contributed by atoms with Gasteiger partial charge in [0.1, 0.15) is 6.04 Å². The lowest BCUT2D eigenvalue weighted by Crippen LogP contribution is -2.40. The zero-order chi connectivity index (χ0) is 16.6. The summed E-state index contributed by atoms with van der Waals surface area (Å²) in [6, 6.07) is 6.84. The Labute approximate surface area is 134 Å². The number of likely N-dealkylation sites (tertiary alicyclic amines) is 1. The van der Waals surface area contributed by atoms with Gasteiger partial charge in [0.2, 0.25) is 0 Å². The first-order valence-electron chi connectivity index (χ1n) is 7.71. The van der Waals surface area contributed by atoms with E-state index in [1.54, 1.807) is 7.11 Å². The van der Waals surface area contributed by atoms with Gasteiger partial charge >= 0.3 is 5.97 Å². The van der Waals surface area contributed by atoms with E-state index in [9.17, 15) is 14.7 Å². The molecule has 1 fully saturated rings. The Morgan fingerprint density at radius 1 is 1.35 bits per heavy atom. The van der Waals surface area contributed by atoms with Gasteiger partial charge in [-0.15, -0.1) is 0 Å². The Morgan fingerprint density at radius 2 is 2.09 bits per heavy atom. The molecule has 1 amide bonds. The summed E-state index contributed by atoms with van der Waals surface area (Å²) >= 11 is 0. The minimum atomic E-state index is -0.989. The van der Waals surface area contributed by atoms with E-state index in [0.29, 0.717) is 18.5 Å². The molecule has 2 unspecified atom stereocenters. The molecule has 1 N–H and O–H groups in total. The average Bonchev–Trinajstić information content (AvgIpc) is 3.16. The number of carbonyl (C=O) groups excluding carboxylic acids is 1. The van der Waals surface area contributed by atoms with E-state index >= 15 is 0 Å². The van der Waals surface area contributed by atoms with Crippen LogP contribution < -0.4 is 0 Å². The number of aliphatic carboxylic acids is 1. The molecule has 0 radical (unpaired) electrons. The highest BCUT2D eigenvalue weighted by Gasteiger charge is 2.40. The number of benzene rings is 1. The number of carboxylic acids is 1. The second-order valence-electron chi connectivity index (χ2n) is 5.75. The Kier molecular flexibility index (Phi) is 4.09. The first kappa shape index (κ1) is 15.6. The number of carbonyl (C=O) groups is 2. The number of ether oxygens (including phenoxy) is 1. The largest absolute Gasteiger partial charge is 0.480 e. The standard InChI is InChI=1S/C17H20N2O4/c1-3-18-10-13(12-6-4-5-7-14(12)18)16(20)19-9-11(23-2)8-15(19)17(21)22/h4-7,10-11,15H,3,8-9H2,1-2H3,(H,21,22). The average molecular weight is 316 g/mol. The normalized spacial score (nSPS) is 21.0. The topological polar surface area (TPSA) is 71.8 Å². The fourth-order valence-electron chi connectivity index (χ4n) is 3.26. The molecule has 23 heavy (non-hydrogen) atoms. The second-order valence-corrected chi connectivity index (χ2v) is 5.75. The van der Waals surface area contributed by atoms with Crippen molar-refractivity contribution < 1.29 is 19.4 Å². The summed E-state index contributed by atoms with van der Waals surface area (Å²) in [6.45, 7) is 3.06. The van der Waals surface area contributed by atoms with Crippen LogP contribution in [0.2, 0.25) is 0 Å². The van der Waals surface area contributed by atoms with Gasteiger partial charge in [0.05, 0.1) is 11.7 Å². The molecule has 6 heteroatoms. The maximum Gasteiger partial charge on any atom is 0.326 e. The van der Waals surface area contributed by atoms with Crippen molar-refractivity contribution in [3.63, 3.8) is 0 Å². The van der Waals surface area contributed by atoms with Gasteiger partial charge in [-0.05, 0) is 13.0 Å². The van der Waals surface area contributed by atoms with Crippen molar-refractivity contribution >= 4 is 22.8 Å². The van der Waals surface area contributed by atoms with E-state index < -0.39 is 12.0 Å². The number of carboxylic acid groups (broad SMARTS) is 1. The molecule has 2 aromatic rings. The van der Waals surface area contributed by atoms with E-state index in [1.165, 1.54) is 4.90 Å². The van der Waals surface area contributed by atoms with Crippen molar-refractivity contribution in [2.45, 2.75) is 32.0 Å². The monoisotopic (exact) mass is 316 g/mol. The van der Waals surface area contributed by atoms with Gasteiger partial charge in [0.15, 0.2) is 0 Å². The van der Waals surface area contributed by atoms with Gasteiger partial charge in [-0.25, -0.2) is 4.79 Å². The molecule has 122 valence electrons. The molecule has 2 heterocycles. The first-order chi connectivity index (χ1) is 11.1. The fraction of sp³-hybridized carbons (Fsp3) is 0.412. The molecule has 0 bridgehead atoms. The van der Waals surface area contributed by atoms with Crippen molar-refractivity contribution in [1.29, 1.82) is 0 Å². The van der Waals surface area contributed by atoms with E-state index in [0.717, 1.165) is 17.4 Å². The molecule has 1 aromatic carbocycles. The van der Waals surface area contributed by atoms with Crippen LogP contribution in [0.5, 0.6) is 0 Å². The van der Waals surface area contributed by atoms with Crippen LogP contribution in [0.3, 0.4) is 0 Å². The molecule has 0 spiro atoms. The van der Waals surface area contributed by atoms with Crippen LogP contribution in [0, 0.1) is 0 Å². The van der Waals surface area contributed by atoms with Crippen LogP contribution in [-0.2, 0) is 16.1 Å². The number of para-hydroxylation sites is 1. The van der Waals surface area contributed by atoms with Crippen LogP contribution in [0.15, 0.2) is 30.5 Å². The lowest BCUT2D eigenvalue weighted by molar-refractivity contribution is -0.141. The third-order valence-electron chi connectivity index (χ3n) is 4.50. The van der Waals surface area contributed by atoms with E-state index in [-0.39, 0.29) is 12.0 Å². The number of aryl methyl sites for hydroxylation is 1. The maximum atomic E-state index is 13.0. The van der Waals surface area contributed by atoms with Gasteiger partial charge in [-0.2, -0.15) is 0 Å². The number of methoxy groups -OCH3 is 1. The number of nitrogens with zero attached hydrogens (tertiary/aromatic N) is 2. The Balaban J connectivity index is 2.01. The Morgan fingerprint density at radius 3 is 2.74 bits per heavy atom. The summed E-state index contributed by atoms with van der Waals surface area (Å²) in [6.07, 6.45) is 1.90. The Bertz CT molecular complexity index is 752. The highest BCUT2D eigenvalue weighted by Crippen LogP contribution is 2.27. The molecule has 2 atom stereocenters. The van der Waals surface area contributed by atoms with Crippen LogP contribution >= 0.6 is 0 Å². The van der Waals surface area contributed by atoms with Crippen LogP contribution in [0.4, 0.5) is 0 Å². The van der Waals surface area contributed by atoms with Crippen molar-refractivity contribution in [2.24, 2.45) is 0 Å². The summed E-state index contributed by atoms with van der Waals surface area (Å²) < 4.78 is 7.26. The van der Waals surface area contributed by atoms with Gasteiger partial charge in [-0.1, -0.05) is 18.2 Å². The molecule has 1 aromatic heterocycles. The van der Waals surface area contributed by atoms with Crippen LogP contribution in [-0.4, -0.2) is 52.3 Å². The number of hydrogen-bond acceptors (Lipinski definition) is 3. The quantitative estimate of drug-likeness (QED) is 0.936. The lowest BCUT2D eigenvalue weighted by Gasteiger charge is -2.20. The third-order valence-corrected chi connectivity index (χ3v) is 4.50. The Hall–Kier alpha value is -2.34. The van der Waals surface area contributed by atoms with Gasteiger partial charge in [-0.3, -0.25) is 4.79 Å². The zero-order valence-corrected chi connectivity index (χ0v) is 13.2. The predicted molar refractivity (Wildman–Crippen MR) is 85.5 cm³/mol. The van der Waals surface area contributed by atoms with Crippen molar-refractivity contribution in [3.8, 4) is 0 Å². The summed E-state index contributed by atoms with van der Waals surface area (Å²) in [5.41, 5.74) is 1.53. The molecular weight excluding hydrogens is 296 g/mol. The number of aromatic nitrogens is 1. The number of hydrogen-bond donors (Lipinski definition) is 1. The van der Waals surface area contributed by atoms with E-state index in [4.69, 9.17) is 4.74 Å². The van der Waals surface area contributed by atoms with Crippen molar-refractivity contribution in [2.75, 3.05) is 13.7 Å². The molecular formula is C17H20N2O4. The third kappa shape index (κ3) is 2.59. The predicted octanol–water partition coefficient (Wildman–Crippen LogP) is 1.98. The molecule has 1 aliphatic rings. The summed E-state index contributed by atoms with van der Waals surface area (Å²) in [5.74, 6) is -1.24. The number of rotatable bonds is 4. The van der Waals surface area contributed by atoms with Crippen molar-refractivity contribution in [1.82, 2.24) is 9.47 Å². The lowest BCUT2D eigenvalue weighted by atomic mass is 10.1. The SMILES string of the molecule is CCn1cc(C(=O)N2CC(OC)CC2C(=O)O)c2ccccc21. The summed E-state index contributed by atoms with van der Waals surface area (Å²) in [4.78, 5) is 25.9. The highest BCUT2D eigenvalue weighted by molar-refractivity contribution is 6.08. The van der Waals surface area contributed by atoms with Gasteiger partial charge in [0, 0.05) is 43.7 Å². The van der Waals surface area contributed by atoms with Gasteiger partial charge in [0.25, 0.3) is 5.91 Å². The van der Waals surface area contributed by atoms with Crippen LogP contribution in [0.1, 0.15) is 23.7 Å². The second kappa shape index (κ2) is 6.04. The van der Waals surface area contributed by atoms with Gasteiger partial charge < -0.3 is 19.3 Å². The smallest absolute Gasteiger partial charge is 0.326 e. The molecule has 0 aliphatic carbocycles. The number of fused-ring (bicyclic) bond motifs is 1. The molecule has 1 aliphatic heterocycles. The minimum absolute atomic E-state index is 0.237. The zero-order valence-electron chi connectivity index (χ0n) is 13.2. The molecule has 1 saturated heterocycles. The van der Waals surface area contributed by atoms with E-state index in [1.807, 2.05) is 42.0 Å². The van der Waals surface area contributed by atoms with Crippen LogP contribution in [0.25, 0.3) is 10.9 Å². The highest BCUT2D eigenvalue weighted by atomic mass is 16.5. The molecule has 0 saturated carbocycles. The first-order valence-corrected chi connectivity index (χ1v) is 7.71. The minimum Gasteiger partial charge on any atom is -0.480 e. The van der Waals surface area contributed by atoms with E-state index in [2.05, 4.69) is 0 Å². The summed E-state index contributed by atoms with van der Waals surface area (Å²) in [5, 5.41) is 10.3. The van der Waals surface area contributed by atoms with Crippen molar-refractivity contribution in [3.05, 3.63) is 36.0 Å². The maximum absolute atomic E-state index is 13.0. The summed E-state index contributed by atoms with van der Waals surface area (Å²) in [7, 11) is 1.54. The number of amides is 1. The molecule has 6 nitrogen and oxygen atoms in total. The fourth-order valence-corrected chi connectivity index (χ4v) is 3.26.